The second kappa shape index (κ2) is 7.77. The SMILES string of the molecule is O=C(NCCO)c1cccc(NCc2ccc(F)c(Cl)c2)c1. The van der Waals surface area contributed by atoms with Gasteiger partial charge >= 0.3 is 0 Å². The highest BCUT2D eigenvalue weighted by Crippen LogP contribution is 2.17. The van der Waals surface area contributed by atoms with Gasteiger partial charge in [0.05, 0.1) is 11.6 Å². The molecular formula is C16H16ClFN2O2. The smallest absolute Gasteiger partial charge is 0.251 e. The number of carbonyl (C=O) groups is 1. The van der Waals surface area contributed by atoms with Crippen LogP contribution in [0.1, 0.15) is 15.9 Å². The molecule has 116 valence electrons. The van der Waals surface area contributed by atoms with Crippen molar-refractivity contribution in [1.82, 2.24) is 5.32 Å². The number of carbonyl (C=O) groups excluding carboxylic acids is 1. The summed E-state index contributed by atoms with van der Waals surface area (Å²) in [4.78, 5) is 11.8. The van der Waals surface area contributed by atoms with E-state index >= 15 is 0 Å². The molecule has 0 aliphatic heterocycles. The van der Waals surface area contributed by atoms with Crippen molar-refractivity contribution in [3.8, 4) is 0 Å². The average Bonchev–Trinajstić information content (AvgIpc) is 2.54. The maximum atomic E-state index is 13.1. The molecule has 6 heteroatoms. The lowest BCUT2D eigenvalue weighted by Crippen LogP contribution is -2.26. The number of amides is 1. The summed E-state index contributed by atoms with van der Waals surface area (Å²) in [5.74, 6) is -0.699. The molecule has 1 amide bonds. The zero-order valence-electron chi connectivity index (χ0n) is 11.8. The Hall–Kier alpha value is -2.11. The molecule has 0 spiro atoms. The van der Waals surface area contributed by atoms with Crippen LogP contribution in [-0.2, 0) is 6.54 Å². The van der Waals surface area contributed by atoms with E-state index in [0.29, 0.717) is 12.1 Å². The number of halogens is 2. The van der Waals surface area contributed by atoms with Crippen molar-refractivity contribution in [2.24, 2.45) is 0 Å². The van der Waals surface area contributed by atoms with Crippen LogP contribution in [0.15, 0.2) is 42.5 Å². The Morgan fingerprint density at radius 2 is 2.05 bits per heavy atom. The largest absolute Gasteiger partial charge is 0.395 e. The van der Waals surface area contributed by atoms with E-state index in [9.17, 15) is 9.18 Å². The molecule has 3 N–H and O–H groups in total. The highest BCUT2D eigenvalue weighted by Gasteiger charge is 2.06. The van der Waals surface area contributed by atoms with E-state index in [-0.39, 0.29) is 24.1 Å². The lowest BCUT2D eigenvalue weighted by Gasteiger charge is -2.09. The fraction of sp³-hybridized carbons (Fsp3) is 0.188. The predicted octanol–water partition coefficient (Wildman–Crippen LogP) is 2.81. The third kappa shape index (κ3) is 4.44. The molecule has 0 fully saturated rings. The van der Waals surface area contributed by atoms with Gasteiger partial charge in [-0.25, -0.2) is 4.39 Å². The molecule has 0 saturated heterocycles. The fourth-order valence-electron chi connectivity index (χ4n) is 1.90. The summed E-state index contributed by atoms with van der Waals surface area (Å²) < 4.78 is 13.1. The van der Waals surface area contributed by atoms with Crippen molar-refractivity contribution in [2.45, 2.75) is 6.54 Å². The van der Waals surface area contributed by atoms with Gasteiger partial charge in [-0.3, -0.25) is 4.79 Å². The van der Waals surface area contributed by atoms with Crippen molar-refractivity contribution >= 4 is 23.2 Å². The molecule has 0 unspecified atom stereocenters. The Kier molecular flexibility index (Phi) is 5.75. The van der Waals surface area contributed by atoms with Crippen LogP contribution in [0.3, 0.4) is 0 Å². The van der Waals surface area contributed by atoms with Gasteiger partial charge < -0.3 is 15.7 Å². The first-order chi connectivity index (χ1) is 10.6. The van der Waals surface area contributed by atoms with Crippen LogP contribution in [0, 0.1) is 5.82 Å². The van der Waals surface area contributed by atoms with Crippen LogP contribution in [-0.4, -0.2) is 24.2 Å². The van der Waals surface area contributed by atoms with Crippen LogP contribution in [0.4, 0.5) is 10.1 Å². The minimum atomic E-state index is -0.451. The number of nitrogens with one attached hydrogen (secondary N) is 2. The van der Waals surface area contributed by atoms with Crippen LogP contribution >= 0.6 is 11.6 Å². The van der Waals surface area contributed by atoms with Gasteiger partial charge in [-0.1, -0.05) is 23.7 Å². The summed E-state index contributed by atoms with van der Waals surface area (Å²) in [7, 11) is 0. The van der Waals surface area contributed by atoms with Gasteiger partial charge in [-0.05, 0) is 35.9 Å². The molecule has 0 radical (unpaired) electrons. The van der Waals surface area contributed by atoms with E-state index in [4.69, 9.17) is 16.7 Å². The first kappa shape index (κ1) is 16.3. The fourth-order valence-corrected chi connectivity index (χ4v) is 2.10. The molecule has 0 saturated carbocycles. The number of rotatable bonds is 6. The number of hydrogen-bond acceptors (Lipinski definition) is 3. The first-order valence-electron chi connectivity index (χ1n) is 6.77. The Morgan fingerprint density at radius 1 is 1.23 bits per heavy atom. The second-order valence-electron chi connectivity index (χ2n) is 4.66. The van der Waals surface area contributed by atoms with E-state index in [2.05, 4.69) is 10.6 Å². The maximum absolute atomic E-state index is 13.1. The summed E-state index contributed by atoms with van der Waals surface area (Å²) in [5.41, 5.74) is 2.09. The number of hydrogen-bond donors (Lipinski definition) is 3. The quantitative estimate of drug-likeness (QED) is 0.766. The third-order valence-electron chi connectivity index (χ3n) is 3.00. The van der Waals surface area contributed by atoms with Crippen LogP contribution < -0.4 is 10.6 Å². The predicted molar refractivity (Wildman–Crippen MR) is 84.6 cm³/mol. The van der Waals surface area contributed by atoms with Gasteiger partial charge in [-0.15, -0.1) is 0 Å². The molecule has 0 bridgehead atoms. The van der Waals surface area contributed by atoms with E-state index < -0.39 is 5.82 Å². The third-order valence-corrected chi connectivity index (χ3v) is 3.29. The van der Waals surface area contributed by atoms with Gasteiger partial charge in [0.15, 0.2) is 0 Å². The summed E-state index contributed by atoms with van der Waals surface area (Å²) in [6.07, 6.45) is 0. The summed E-state index contributed by atoms with van der Waals surface area (Å²) in [5, 5.41) is 14.5. The molecule has 0 aliphatic rings. The lowest BCUT2D eigenvalue weighted by atomic mass is 10.1. The number of benzene rings is 2. The molecule has 0 heterocycles. The molecule has 0 aliphatic carbocycles. The topological polar surface area (TPSA) is 61.4 Å². The zero-order chi connectivity index (χ0) is 15.9. The zero-order valence-corrected chi connectivity index (χ0v) is 12.5. The van der Waals surface area contributed by atoms with Gasteiger partial charge in [0.25, 0.3) is 5.91 Å². The summed E-state index contributed by atoms with van der Waals surface area (Å²) >= 11 is 5.73. The summed E-state index contributed by atoms with van der Waals surface area (Å²) in [6, 6.07) is 11.5. The van der Waals surface area contributed by atoms with Gasteiger partial charge in [0.2, 0.25) is 0 Å². The standard InChI is InChI=1S/C16H16ClFN2O2/c17-14-8-11(4-5-15(14)18)10-20-13-3-1-2-12(9-13)16(22)19-6-7-21/h1-5,8-9,20-21H,6-7,10H2,(H,19,22). The van der Waals surface area contributed by atoms with E-state index in [1.165, 1.54) is 6.07 Å². The van der Waals surface area contributed by atoms with Crippen molar-refractivity contribution in [3.63, 3.8) is 0 Å². The Bertz CT molecular complexity index is 664. The number of aliphatic hydroxyl groups is 1. The van der Waals surface area contributed by atoms with Crippen molar-refractivity contribution in [1.29, 1.82) is 0 Å². The second-order valence-corrected chi connectivity index (χ2v) is 5.07. The van der Waals surface area contributed by atoms with Crippen molar-refractivity contribution in [3.05, 3.63) is 64.4 Å². The molecular weight excluding hydrogens is 307 g/mol. The Labute approximate surface area is 132 Å². The molecule has 4 nitrogen and oxygen atoms in total. The van der Waals surface area contributed by atoms with E-state index in [1.54, 1.807) is 30.3 Å². The van der Waals surface area contributed by atoms with E-state index in [1.807, 2.05) is 6.07 Å². The molecule has 0 atom stereocenters. The molecule has 22 heavy (non-hydrogen) atoms. The average molecular weight is 323 g/mol. The minimum absolute atomic E-state index is 0.0800. The first-order valence-corrected chi connectivity index (χ1v) is 7.15. The normalized spacial score (nSPS) is 10.3. The minimum Gasteiger partial charge on any atom is -0.395 e. The van der Waals surface area contributed by atoms with Crippen LogP contribution in [0.25, 0.3) is 0 Å². The van der Waals surface area contributed by atoms with Gasteiger partial charge in [0, 0.05) is 24.3 Å². The van der Waals surface area contributed by atoms with Gasteiger partial charge in [0.1, 0.15) is 5.82 Å². The Morgan fingerprint density at radius 3 is 2.77 bits per heavy atom. The van der Waals surface area contributed by atoms with Crippen LogP contribution in [0.5, 0.6) is 0 Å². The van der Waals surface area contributed by atoms with E-state index in [0.717, 1.165) is 11.3 Å². The highest BCUT2D eigenvalue weighted by atomic mass is 35.5. The molecule has 0 aromatic heterocycles. The maximum Gasteiger partial charge on any atom is 0.251 e. The molecule has 2 rings (SSSR count). The Balaban J connectivity index is 2.01. The number of anilines is 1. The van der Waals surface area contributed by atoms with Crippen molar-refractivity contribution < 1.29 is 14.3 Å². The van der Waals surface area contributed by atoms with Crippen molar-refractivity contribution in [2.75, 3.05) is 18.5 Å². The molecule has 2 aromatic carbocycles. The molecule has 2 aromatic rings. The number of aliphatic hydroxyl groups excluding tert-OH is 1. The lowest BCUT2D eigenvalue weighted by molar-refractivity contribution is 0.0945. The van der Waals surface area contributed by atoms with Crippen LogP contribution in [0.2, 0.25) is 5.02 Å². The highest BCUT2D eigenvalue weighted by molar-refractivity contribution is 6.30. The monoisotopic (exact) mass is 322 g/mol. The van der Waals surface area contributed by atoms with Gasteiger partial charge in [-0.2, -0.15) is 0 Å². The summed E-state index contributed by atoms with van der Waals surface area (Å²) in [6.45, 7) is 0.571.